The molecule has 0 amide bonds. The Morgan fingerprint density at radius 2 is 2.05 bits per heavy atom. The van der Waals surface area contributed by atoms with Crippen LogP contribution in [0.1, 0.15) is 30.7 Å². The van der Waals surface area contributed by atoms with E-state index >= 15 is 0 Å². The van der Waals surface area contributed by atoms with E-state index in [0.29, 0.717) is 19.3 Å². The van der Waals surface area contributed by atoms with E-state index in [1.54, 1.807) is 0 Å². The third-order valence-corrected chi connectivity index (χ3v) is 4.91. The van der Waals surface area contributed by atoms with E-state index < -0.39 is 23.4 Å². The summed E-state index contributed by atoms with van der Waals surface area (Å²) in [5, 5.41) is 10.2. The second-order valence-corrected chi connectivity index (χ2v) is 5.74. The number of carbonyl (C=O) groups is 2. The van der Waals surface area contributed by atoms with E-state index in [2.05, 4.69) is 0 Å². The summed E-state index contributed by atoms with van der Waals surface area (Å²) in [7, 11) is 1.32. The maximum Gasteiger partial charge on any atom is 0.319 e. The SMILES string of the molecule is COC(=O)[C@]12CC[C@@H](C1=O)[C@@H](O)C[C@@H]2c1ccccc1. The van der Waals surface area contributed by atoms with Gasteiger partial charge in [0.1, 0.15) is 5.41 Å². The van der Waals surface area contributed by atoms with Gasteiger partial charge in [0.05, 0.1) is 13.2 Å². The summed E-state index contributed by atoms with van der Waals surface area (Å²) in [5.74, 6) is -1.30. The summed E-state index contributed by atoms with van der Waals surface area (Å²) in [6.07, 6.45) is 0.821. The van der Waals surface area contributed by atoms with Crippen molar-refractivity contribution in [1.29, 1.82) is 0 Å². The van der Waals surface area contributed by atoms with E-state index in [1.807, 2.05) is 30.3 Å². The number of aliphatic hydroxyl groups excluding tert-OH is 1. The minimum atomic E-state index is -1.10. The summed E-state index contributed by atoms with van der Waals surface area (Å²) in [4.78, 5) is 25.0. The van der Waals surface area contributed by atoms with Gasteiger partial charge >= 0.3 is 5.97 Å². The number of carbonyl (C=O) groups excluding carboxylic acids is 2. The Bertz CT molecular complexity index is 539. The molecule has 1 aromatic rings. The summed E-state index contributed by atoms with van der Waals surface area (Å²) in [5.41, 5.74) is -0.175. The second-order valence-electron chi connectivity index (χ2n) is 5.74. The molecule has 2 aliphatic carbocycles. The quantitative estimate of drug-likeness (QED) is 0.658. The summed E-state index contributed by atoms with van der Waals surface area (Å²) >= 11 is 0. The van der Waals surface area contributed by atoms with Gasteiger partial charge in [-0.25, -0.2) is 0 Å². The lowest BCUT2D eigenvalue weighted by atomic mass is 9.63. The number of benzene rings is 1. The number of hydrogen-bond donors (Lipinski definition) is 1. The van der Waals surface area contributed by atoms with Crippen LogP contribution < -0.4 is 0 Å². The van der Waals surface area contributed by atoms with Gasteiger partial charge in [-0.3, -0.25) is 9.59 Å². The van der Waals surface area contributed by atoms with E-state index in [0.717, 1.165) is 5.56 Å². The third-order valence-electron chi connectivity index (χ3n) is 4.91. The van der Waals surface area contributed by atoms with Gasteiger partial charge in [-0.2, -0.15) is 0 Å². The zero-order chi connectivity index (χ0) is 14.3. The average Bonchev–Trinajstić information content (AvgIpc) is 2.73. The summed E-state index contributed by atoms with van der Waals surface area (Å²) in [6, 6.07) is 9.49. The van der Waals surface area contributed by atoms with Crippen LogP contribution in [-0.4, -0.2) is 30.1 Å². The first-order valence-corrected chi connectivity index (χ1v) is 6.97. The molecule has 1 aromatic carbocycles. The molecule has 2 bridgehead atoms. The highest BCUT2D eigenvalue weighted by molar-refractivity contribution is 6.08. The molecule has 0 spiro atoms. The van der Waals surface area contributed by atoms with Crippen LogP contribution in [0.4, 0.5) is 0 Å². The number of ketones is 1. The van der Waals surface area contributed by atoms with Crippen LogP contribution in [0.2, 0.25) is 0 Å². The topological polar surface area (TPSA) is 63.6 Å². The first kappa shape index (κ1) is 13.3. The molecule has 1 N–H and O–H groups in total. The summed E-state index contributed by atoms with van der Waals surface area (Å²) in [6.45, 7) is 0. The highest BCUT2D eigenvalue weighted by Gasteiger charge is 2.63. The van der Waals surface area contributed by atoms with E-state index in [1.165, 1.54) is 7.11 Å². The lowest BCUT2D eigenvalue weighted by Gasteiger charge is -2.39. The average molecular weight is 274 g/mol. The minimum Gasteiger partial charge on any atom is -0.468 e. The van der Waals surface area contributed by atoms with Gasteiger partial charge in [-0.05, 0) is 24.8 Å². The molecule has 0 aromatic heterocycles. The summed E-state index contributed by atoms with van der Waals surface area (Å²) < 4.78 is 4.93. The largest absolute Gasteiger partial charge is 0.468 e. The molecule has 2 fully saturated rings. The monoisotopic (exact) mass is 274 g/mol. The molecule has 0 aliphatic heterocycles. The molecule has 0 radical (unpaired) electrons. The molecule has 4 heteroatoms. The van der Waals surface area contributed by atoms with Crippen molar-refractivity contribution >= 4 is 11.8 Å². The van der Waals surface area contributed by atoms with Crippen LogP contribution in [0, 0.1) is 11.3 Å². The Hall–Kier alpha value is -1.68. The van der Waals surface area contributed by atoms with Crippen LogP contribution in [0.25, 0.3) is 0 Å². The smallest absolute Gasteiger partial charge is 0.319 e. The molecule has 2 aliphatic rings. The fraction of sp³-hybridized carbons (Fsp3) is 0.500. The van der Waals surface area contributed by atoms with Crippen molar-refractivity contribution in [2.24, 2.45) is 11.3 Å². The first-order valence-electron chi connectivity index (χ1n) is 6.97. The van der Waals surface area contributed by atoms with E-state index in [9.17, 15) is 14.7 Å². The van der Waals surface area contributed by atoms with Gasteiger partial charge in [0.25, 0.3) is 0 Å². The number of rotatable bonds is 2. The molecular formula is C16H18O4. The highest BCUT2D eigenvalue weighted by atomic mass is 16.5. The fourth-order valence-corrected chi connectivity index (χ4v) is 3.92. The van der Waals surface area contributed by atoms with Crippen molar-refractivity contribution < 1.29 is 19.4 Å². The van der Waals surface area contributed by atoms with Gasteiger partial charge in [-0.15, -0.1) is 0 Å². The van der Waals surface area contributed by atoms with E-state index in [4.69, 9.17) is 4.74 Å². The van der Waals surface area contributed by atoms with Crippen molar-refractivity contribution in [3.8, 4) is 0 Å². The predicted molar refractivity (Wildman–Crippen MR) is 72.0 cm³/mol. The number of methoxy groups -OCH3 is 1. The standard InChI is InChI=1S/C16H18O4/c1-20-15(19)16-8-7-11(14(16)18)13(17)9-12(16)10-5-3-2-4-6-10/h2-6,11-13,17H,7-9H2,1H3/t11-,12-,13+,16+/m1/s1. The van der Waals surface area contributed by atoms with Gasteiger partial charge in [0, 0.05) is 11.8 Å². The van der Waals surface area contributed by atoms with Crippen molar-refractivity contribution in [3.05, 3.63) is 35.9 Å². The van der Waals surface area contributed by atoms with Crippen LogP contribution in [-0.2, 0) is 14.3 Å². The van der Waals surface area contributed by atoms with Crippen LogP contribution in [0.15, 0.2) is 30.3 Å². The number of aliphatic hydroxyl groups is 1. The zero-order valence-corrected chi connectivity index (χ0v) is 11.4. The molecule has 3 rings (SSSR count). The first-order chi connectivity index (χ1) is 9.61. The Morgan fingerprint density at radius 1 is 1.35 bits per heavy atom. The maximum absolute atomic E-state index is 12.6. The zero-order valence-electron chi connectivity index (χ0n) is 11.4. The molecule has 0 unspecified atom stereocenters. The molecule has 0 heterocycles. The maximum atomic E-state index is 12.6. The third kappa shape index (κ3) is 1.64. The van der Waals surface area contributed by atoms with Crippen LogP contribution in [0.5, 0.6) is 0 Å². The van der Waals surface area contributed by atoms with Gasteiger partial charge in [0.15, 0.2) is 5.78 Å². The Balaban J connectivity index is 2.11. The number of esters is 1. The molecular weight excluding hydrogens is 256 g/mol. The lowest BCUT2D eigenvalue weighted by Crippen LogP contribution is -2.50. The van der Waals surface area contributed by atoms with Gasteiger partial charge in [0.2, 0.25) is 0 Å². The van der Waals surface area contributed by atoms with Crippen molar-refractivity contribution in [2.45, 2.75) is 31.3 Å². The normalized spacial score (nSPS) is 35.9. The predicted octanol–water partition coefficient (Wildman–Crippen LogP) is 1.67. The number of Topliss-reactive ketones (excluding diaryl/α,β-unsaturated/α-hetero) is 1. The number of hydrogen-bond acceptors (Lipinski definition) is 4. The highest BCUT2D eigenvalue weighted by Crippen LogP contribution is 2.56. The fourth-order valence-electron chi connectivity index (χ4n) is 3.92. The van der Waals surface area contributed by atoms with E-state index in [-0.39, 0.29) is 11.7 Å². The van der Waals surface area contributed by atoms with Crippen molar-refractivity contribution in [3.63, 3.8) is 0 Å². The molecule has 20 heavy (non-hydrogen) atoms. The van der Waals surface area contributed by atoms with Crippen LogP contribution in [0.3, 0.4) is 0 Å². The second kappa shape index (κ2) is 4.70. The molecule has 106 valence electrons. The molecule has 0 saturated heterocycles. The van der Waals surface area contributed by atoms with Gasteiger partial charge in [-0.1, -0.05) is 30.3 Å². The van der Waals surface area contributed by atoms with Crippen molar-refractivity contribution in [1.82, 2.24) is 0 Å². The van der Waals surface area contributed by atoms with Crippen molar-refractivity contribution in [2.75, 3.05) is 7.11 Å². The number of ether oxygens (including phenoxy) is 1. The molecule has 4 nitrogen and oxygen atoms in total. The Morgan fingerprint density at radius 3 is 2.70 bits per heavy atom. The van der Waals surface area contributed by atoms with Gasteiger partial charge < -0.3 is 9.84 Å². The Kier molecular flexibility index (Phi) is 3.13. The minimum absolute atomic E-state index is 0.142. The lowest BCUT2D eigenvalue weighted by molar-refractivity contribution is -0.162. The van der Waals surface area contributed by atoms with Crippen LogP contribution >= 0.6 is 0 Å². The molecule has 2 saturated carbocycles. The Labute approximate surface area is 117 Å². The number of fused-ring (bicyclic) bond motifs is 2. The molecule has 4 atom stereocenters.